The fourth-order valence-electron chi connectivity index (χ4n) is 3.22. The largest absolute Gasteiger partial charge is 0.336 e. The fraction of sp³-hybridized carbons (Fsp3) is 0.562. The van der Waals surface area contributed by atoms with Crippen molar-refractivity contribution in [1.82, 2.24) is 15.1 Å². The highest BCUT2D eigenvalue weighted by Crippen LogP contribution is 2.22. The third-order valence-electron chi connectivity index (χ3n) is 4.57. The Morgan fingerprint density at radius 3 is 2.64 bits per heavy atom. The van der Waals surface area contributed by atoms with Crippen LogP contribution in [0.25, 0.3) is 0 Å². The number of nitrogens with zero attached hydrogens (tertiary/aromatic N) is 2. The predicted molar refractivity (Wildman–Crippen MR) is 92.2 cm³/mol. The highest BCUT2D eigenvalue weighted by atomic mass is 35.5. The molecule has 0 bridgehead atoms. The molecule has 122 valence electrons. The topological polar surface area (TPSA) is 35.6 Å². The van der Waals surface area contributed by atoms with Gasteiger partial charge in [-0.3, -0.25) is 9.69 Å². The number of hydrogen-bond donors (Lipinski definition) is 1. The zero-order valence-corrected chi connectivity index (χ0v) is 14.4. The lowest BCUT2D eigenvalue weighted by atomic mass is 10.1. The Morgan fingerprint density at radius 1 is 1.27 bits per heavy atom. The second-order valence-electron chi connectivity index (χ2n) is 5.91. The van der Waals surface area contributed by atoms with Gasteiger partial charge in [-0.1, -0.05) is 23.7 Å². The first kappa shape index (κ1) is 17.5. The molecule has 2 aliphatic heterocycles. The minimum absolute atomic E-state index is 0. The van der Waals surface area contributed by atoms with Crippen LogP contribution < -0.4 is 5.32 Å². The molecule has 0 aromatic heterocycles. The number of hydrogen-bond acceptors (Lipinski definition) is 3. The first-order valence-electron chi connectivity index (χ1n) is 7.66. The first-order chi connectivity index (χ1) is 10.2. The lowest BCUT2D eigenvalue weighted by molar-refractivity contribution is 0.0584. The molecule has 22 heavy (non-hydrogen) atoms. The van der Waals surface area contributed by atoms with Gasteiger partial charge < -0.3 is 10.2 Å². The summed E-state index contributed by atoms with van der Waals surface area (Å²) in [6.07, 6.45) is 1.22. The summed E-state index contributed by atoms with van der Waals surface area (Å²) in [4.78, 5) is 17.0. The molecule has 3 rings (SSSR count). The van der Waals surface area contributed by atoms with Gasteiger partial charge in [0, 0.05) is 38.8 Å². The summed E-state index contributed by atoms with van der Waals surface area (Å²) in [6, 6.07) is 6.30. The molecule has 2 heterocycles. The van der Waals surface area contributed by atoms with E-state index in [1.165, 1.54) is 6.42 Å². The molecule has 6 heteroatoms. The van der Waals surface area contributed by atoms with Crippen LogP contribution in [-0.4, -0.2) is 61.0 Å². The maximum absolute atomic E-state index is 12.6. The summed E-state index contributed by atoms with van der Waals surface area (Å²) in [5.74, 6) is 0.0629. The second-order valence-corrected chi connectivity index (χ2v) is 6.29. The van der Waals surface area contributed by atoms with Gasteiger partial charge in [0.1, 0.15) is 0 Å². The Labute approximate surface area is 143 Å². The number of halogens is 2. The van der Waals surface area contributed by atoms with Crippen molar-refractivity contribution in [3.8, 4) is 0 Å². The SMILES string of the molecule is Cc1cccc(C(=O)N2CCN(C3CCNC3)CC2)c1Cl.Cl. The van der Waals surface area contributed by atoms with Gasteiger partial charge in [-0.25, -0.2) is 0 Å². The molecule has 1 atom stereocenters. The van der Waals surface area contributed by atoms with Crippen LogP contribution in [0, 0.1) is 6.92 Å². The van der Waals surface area contributed by atoms with Crippen LogP contribution in [-0.2, 0) is 0 Å². The predicted octanol–water partition coefficient (Wildman–Crippen LogP) is 2.19. The number of nitrogens with one attached hydrogen (secondary N) is 1. The highest BCUT2D eigenvalue weighted by Gasteiger charge is 2.28. The van der Waals surface area contributed by atoms with Crippen LogP contribution >= 0.6 is 24.0 Å². The monoisotopic (exact) mass is 343 g/mol. The zero-order chi connectivity index (χ0) is 14.8. The Balaban J connectivity index is 0.00000176. The molecule has 1 aromatic rings. The van der Waals surface area contributed by atoms with Gasteiger partial charge in [-0.05, 0) is 31.5 Å². The van der Waals surface area contributed by atoms with Crippen molar-refractivity contribution in [2.75, 3.05) is 39.3 Å². The Kier molecular flexibility index (Phi) is 6.09. The van der Waals surface area contributed by atoms with Crippen molar-refractivity contribution < 1.29 is 4.79 Å². The standard InChI is InChI=1S/C16H22ClN3O.ClH/c1-12-3-2-4-14(15(12)17)16(21)20-9-7-19(8-10-20)13-5-6-18-11-13;/h2-4,13,18H,5-11H2,1H3;1H. The van der Waals surface area contributed by atoms with E-state index in [0.717, 1.165) is 44.8 Å². The first-order valence-corrected chi connectivity index (χ1v) is 8.04. The summed E-state index contributed by atoms with van der Waals surface area (Å²) in [7, 11) is 0. The van der Waals surface area contributed by atoms with E-state index in [2.05, 4.69) is 10.2 Å². The normalized spacial score (nSPS) is 22.5. The number of aryl methyl sites for hydroxylation is 1. The molecular weight excluding hydrogens is 321 g/mol. The molecule has 0 spiro atoms. The van der Waals surface area contributed by atoms with Crippen molar-refractivity contribution in [3.63, 3.8) is 0 Å². The molecule has 4 nitrogen and oxygen atoms in total. The number of carbonyl (C=O) groups is 1. The molecule has 1 N–H and O–H groups in total. The number of carbonyl (C=O) groups excluding carboxylic acids is 1. The van der Waals surface area contributed by atoms with Gasteiger partial charge in [0.25, 0.3) is 5.91 Å². The summed E-state index contributed by atoms with van der Waals surface area (Å²) >= 11 is 6.27. The number of benzene rings is 1. The molecule has 0 saturated carbocycles. The maximum Gasteiger partial charge on any atom is 0.255 e. The van der Waals surface area contributed by atoms with E-state index in [9.17, 15) is 4.79 Å². The number of rotatable bonds is 2. The van der Waals surface area contributed by atoms with Gasteiger partial charge in [0.15, 0.2) is 0 Å². The van der Waals surface area contributed by atoms with Gasteiger partial charge >= 0.3 is 0 Å². The van der Waals surface area contributed by atoms with E-state index in [1.54, 1.807) is 0 Å². The minimum atomic E-state index is 0. The van der Waals surface area contributed by atoms with Crippen molar-refractivity contribution in [1.29, 1.82) is 0 Å². The van der Waals surface area contributed by atoms with Gasteiger partial charge in [0.2, 0.25) is 0 Å². The summed E-state index contributed by atoms with van der Waals surface area (Å²) < 4.78 is 0. The number of piperazine rings is 1. The lowest BCUT2D eigenvalue weighted by Crippen LogP contribution is -2.52. The Bertz CT molecular complexity index is 524. The third kappa shape index (κ3) is 3.57. The van der Waals surface area contributed by atoms with E-state index < -0.39 is 0 Å². The van der Waals surface area contributed by atoms with E-state index in [0.29, 0.717) is 16.6 Å². The Hall–Kier alpha value is -0.810. The smallest absolute Gasteiger partial charge is 0.255 e. The van der Waals surface area contributed by atoms with Gasteiger partial charge in [0.05, 0.1) is 10.6 Å². The molecular formula is C16H23Cl2N3O. The molecule has 1 aromatic carbocycles. The molecule has 1 unspecified atom stereocenters. The van der Waals surface area contributed by atoms with Crippen molar-refractivity contribution in [3.05, 3.63) is 34.3 Å². The summed E-state index contributed by atoms with van der Waals surface area (Å²) in [5.41, 5.74) is 1.59. The van der Waals surface area contributed by atoms with E-state index in [4.69, 9.17) is 11.6 Å². The van der Waals surface area contributed by atoms with Crippen LogP contribution in [0.2, 0.25) is 5.02 Å². The average molecular weight is 344 g/mol. The second kappa shape index (κ2) is 7.64. The number of amides is 1. The highest BCUT2D eigenvalue weighted by molar-refractivity contribution is 6.34. The van der Waals surface area contributed by atoms with Crippen molar-refractivity contribution >= 4 is 29.9 Å². The third-order valence-corrected chi connectivity index (χ3v) is 5.08. The lowest BCUT2D eigenvalue weighted by Gasteiger charge is -2.38. The van der Waals surface area contributed by atoms with Crippen LogP contribution in [0.4, 0.5) is 0 Å². The van der Waals surface area contributed by atoms with Crippen molar-refractivity contribution in [2.45, 2.75) is 19.4 Å². The van der Waals surface area contributed by atoms with E-state index in [1.807, 2.05) is 30.0 Å². The average Bonchev–Trinajstić information content (AvgIpc) is 3.04. The van der Waals surface area contributed by atoms with Crippen LogP contribution in [0.5, 0.6) is 0 Å². The molecule has 0 radical (unpaired) electrons. The molecule has 1 amide bonds. The van der Waals surface area contributed by atoms with Crippen LogP contribution in [0.3, 0.4) is 0 Å². The molecule has 2 fully saturated rings. The van der Waals surface area contributed by atoms with Crippen LogP contribution in [0.15, 0.2) is 18.2 Å². The van der Waals surface area contributed by atoms with Crippen LogP contribution in [0.1, 0.15) is 22.3 Å². The van der Waals surface area contributed by atoms with Gasteiger partial charge in [-0.15, -0.1) is 12.4 Å². The summed E-state index contributed by atoms with van der Waals surface area (Å²) in [6.45, 7) is 7.63. The van der Waals surface area contributed by atoms with Gasteiger partial charge in [-0.2, -0.15) is 0 Å². The van der Waals surface area contributed by atoms with E-state index >= 15 is 0 Å². The van der Waals surface area contributed by atoms with E-state index in [-0.39, 0.29) is 18.3 Å². The van der Waals surface area contributed by atoms with Crippen molar-refractivity contribution in [2.24, 2.45) is 0 Å². The summed E-state index contributed by atoms with van der Waals surface area (Å²) in [5, 5.41) is 3.99. The quantitative estimate of drug-likeness (QED) is 0.893. The fourth-order valence-corrected chi connectivity index (χ4v) is 3.43. The zero-order valence-electron chi connectivity index (χ0n) is 12.8. The molecule has 0 aliphatic carbocycles. The molecule has 2 saturated heterocycles. The Morgan fingerprint density at radius 2 is 2.00 bits per heavy atom. The maximum atomic E-state index is 12.6. The minimum Gasteiger partial charge on any atom is -0.336 e. The molecule has 2 aliphatic rings.